The van der Waals surface area contributed by atoms with Gasteiger partial charge in [0.15, 0.2) is 6.61 Å². The first-order valence-electron chi connectivity index (χ1n) is 10.5. The van der Waals surface area contributed by atoms with Gasteiger partial charge in [-0.05, 0) is 30.3 Å². The van der Waals surface area contributed by atoms with Gasteiger partial charge in [0, 0.05) is 6.07 Å². The highest BCUT2D eigenvalue weighted by molar-refractivity contribution is 6.40. The third kappa shape index (κ3) is 4.98. The maximum atomic E-state index is 13.1. The average Bonchev–Trinajstić information content (AvgIpc) is 3.12. The van der Waals surface area contributed by atoms with E-state index in [-0.39, 0.29) is 33.1 Å². The second-order valence-corrected chi connectivity index (χ2v) is 8.07. The number of alkyl halides is 3. The highest BCUT2D eigenvalue weighted by Gasteiger charge is 2.38. The van der Waals surface area contributed by atoms with Crippen molar-refractivity contribution < 1.29 is 41.8 Å². The van der Waals surface area contributed by atoms with Crippen LogP contribution in [0.15, 0.2) is 60.7 Å². The monoisotopic (exact) mass is 532 g/mol. The molecule has 0 radical (unpaired) electrons. The van der Waals surface area contributed by atoms with Crippen molar-refractivity contribution in [3.05, 3.63) is 87.9 Å². The van der Waals surface area contributed by atoms with Crippen LogP contribution in [0.4, 0.5) is 24.5 Å². The van der Waals surface area contributed by atoms with Crippen LogP contribution >= 0.6 is 11.6 Å². The van der Waals surface area contributed by atoms with Gasteiger partial charge in [-0.25, -0.2) is 9.69 Å². The summed E-state index contributed by atoms with van der Waals surface area (Å²) < 4.78 is 49.5. The van der Waals surface area contributed by atoms with Crippen LogP contribution < -0.4 is 15.0 Å². The first-order chi connectivity index (χ1) is 17.5. The number of para-hydroxylation sites is 1. The van der Waals surface area contributed by atoms with Crippen LogP contribution in [-0.4, -0.2) is 37.4 Å². The number of benzene rings is 3. The van der Waals surface area contributed by atoms with E-state index in [4.69, 9.17) is 21.1 Å². The molecule has 3 aromatic rings. The Labute approximate surface area is 212 Å². The lowest BCUT2D eigenvalue weighted by Crippen LogP contribution is -2.30. The first-order valence-corrected chi connectivity index (χ1v) is 10.9. The number of hydrogen-bond donors (Lipinski definition) is 1. The zero-order valence-corrected chi connectivity index (χ0v) is 19.6. The zero-order valence-electron chi connectivity index (χ0n) is 18.9. The molecule has 0 saturated heterocycles. The van der Waals surface area contributed by atoms with Crippen molar-refractivity contribution in [2.45, 2.75) is 6.18 Å². The van der Waals surface area contributed by atoms with Gasteiger partial charge in [-0.3, -0.25) is 14.4 Å². The number of carbonyl (C=O) groups excluding carboxylic acids is 4. The molecule has 1 heterocycles. The zero-order chi connectivity index (χ0) is 26.9. The summed E-state index contributed by atoms with van der Waals surface area (Å²) in [5.41, 5.74) is -1.47. The molecule has 0 saturated carbocycles. The Morgan fingerprint density at radius 3 is 2.16 bits per heavy atom. The lowest BCUT2D eigenvalue weighted by molar-refractivity contribution is -0.137. The van der Waals surface area contributed by atoms with E-state index in [1.807, 2.05) is 0 Å². The second-order valence-electron chi connectivity index (χ2n) is 7.66. The van der Waals surface area contributed by atoms with Gasteiger partial charge in [-0.15, -0.1) is 0 Å². The van der Waals surface area contributed by atoms with E-state index in [9.17, 15) is 32.3 Å². The number of amides is 3. The van der Waals surface area contributed by atoms with Crippen molar-refractivity contribution >= 4 is 46.7 Å². The molecule has 0 bridgehead atoms. The minimum atomic E-state index is -4.70. The van der Waals surface area contributed by atoms with Crippen molar-refractivity contribution in [2.24, 2.45) is 0 Å². The summed E-state index contributed by atoms with van der Waals surface area (Å²) >= 11 is 6.29. The molecule has 4 rings (SSSR count). The van der Waals surface area contributed by atoms with Crippen LogP contribution in [0.5, 0.6) is 5.75 Å². The summed E-state index contributed by atoms with van der Waals surface area (Å²) in [5.74, 6) is -3.44. The number of fused-ring (bicyclic) bond motifs is 1. The largest absolute Gasteiger partial charge is 0.496 e. The summed E-state index contributed by atoms with van der Waals surface area (Å²) in [5, 5.41) is 1.89. The lowest BCUT2D eigenvalue weighted by Gasteiger charge is -2.18. The normalized spacial score (nSPS) is 12.8. The number of imide groups is 1. The van der Waals surface area contributed by atoms with Crippen molar-refractivity contribution in [2.75, 3.05) is 23.9 Å². The molecule has 37 heavy (non-hydrogen) atoms. The fourth-order valence-electron chi connectivity index (χ4n) is 3.68. The number of esters is 1. The number of nitrogens with one attached hydrogen (secondary N) is 1. The van der Waals surface area contributed by atoms with Crippen LogP contribution in [0.1, 0.15) is 36.6 Å². The van der Waals surface area contributed by atoms with Gasteiger partial charge in [-0.2, -0.15) is 13.2 Å². The fraction of sp³-hybridized carbons (Fsp3) is 0.120. The Balaban J connectivity index is 1.51. The molecule has 0 aliphatic carbocycles. The van der Waals surface area contributed by atoms with Gasteiger partial charge < -0.3 is 14.8 Å². The van der Waals surface area contributed by atoms with Crippen molar-refractivity contribution in [3.63, 3.8) is 0 Å². The average molecular weight is 533 g/mol. The Morgan fingerprint density at radius 1 is 0.973 bits per heavy atom. The predicted molar refractivity (Wildman–Crippen MR) is 126 cm³/mol. The van der Waals surface area contributed by atoms with Crippen LogP contribution in [0.25, 0.3) is 0 Å². The molecule has 0 atom stereocenters. The predicted octanol–water partition coefficient (Wildman–Crippen LogP) is 4.96. The van der Waals surface area contributed by atoms with E-state index in [1.165, 1.54) is 37.4 Å². The van der Waals surface area contributed by atoms with E-state index in [1.54, 1.807) is 12.1 Å². The number of rotatable bonds is 6. The maximum absolute atomic E-state index is 13.1. The number of carbonyl (C=O) groups is 4. The number of methoxy groups -OCH3 is 1. The summed E-state index contributed by atoms with van der Waals surface area (Å²) in [6.45, 7) is -0.911. The Kier molecular flexibility index (Phi) is 6.90. The van der Waals surface area contributed by atoms with E-state index >= 15 is 0 Å². The third-order valence-corrected chi connectivity index (χ3v) is 5.67. The van der Waals surface area contributed by atoms with Gasteiger partial charge in [0.25, 0.3) is 17.7 Å². The van der Waals surface area contributed by atoms with Gasteiger partial charge in [0.1, 0.15) is 11.3 Å². The number of hydrogen-bond acceptors (Lipinski definition) is 6. The summed E-state index contributed by atoms with van der Waals surface area (Å²) in [4.78, 5) is 51.2. The fourth-order valence-corrected chi connectivity index (χ4v) is 3.93. The molecule has 190 valence electrons. The molecule has 1 N–H and O–H groups in total. The summed E-state index contributed by atoms with van der Waals surface area (Å²) in [6.07, 6.45) is -4.70. The van der Waals surface area contributed by atoms with E-state index in [0.717, 1.165) is 23.1 Å². The number of nitrogens with zero attached hydrogens (tertiary/aromatic N) is 1. The molecule has 1 aliphatic rings. The highest BCUT2D eigenvalue weighted by Crippen LogP contribution is 2.38. The van der Waals surface area contributed by atoms with Crippen LogP contribution in [0, 0.1) is 0 Å². The van der Waals surface area contributed by atoms with Gasteiger partial charge >= 0.3 is 12.1 Å². The molecule has 3 aromatic carbocycles. The van der Waals surface area contributed by atoms with Crippen molar-refractivity contribution in [1.82, 2.24) is 0 Å². The second kappa shape index (κ2) is 9.94. The van der Waals surface area contributed by atoms with Crippen molar-refractivity contribution in [1.29, 1.82) is 0 Å². The van der Waals surface area contributed by atoms with Crippen molar-refractivity contribution in [3.8, 4) is 5.75 Å². The molecule has 0 unspecified atom stereocenters. The molecule has 1 aliphatic heterocycles. The van der Waals surface area contributed by atoms with Gasteiger partial charge in [-0.1, -0.05) is 35.9 Å². The minimum Gasteiger partial charge on any atom is -0.496 e. The van der Waals surface area contributed by atoms with Gasteiger partial charge in [0.05, 0.1) is 40.2 Å². The first kappa shape index (κ1) is 25.7. The Hall–Kier alpha value is -4.38. The smallest absolute Gasteiger partial charge is 0.418 e. The topological polar surface area (TPSA) is 102 Å². The molecular formula is C25H16ClF3N2O6. The molecule has 3 amide bonds. The molecule has 8 nitrogen and oxygen atoms in total. The molecule has 0 spiro atoms. The lowest BCUT2D eigenvalue weighted by atomic mass is 10.1. The van der Waals surface area contributed by atoms with Gasteiger partial charge in [0.2, 0.25) is 0 Å². The molecule has 0 aromatic heterocycles. The summed E-state index contributed by atoms with van der Waals surface area (Å²) in [6, 6.07) is 12.8. The van der Waals surface area contributed by atoms with E-state index < -0.39 is 47.7 Å². The molecule has 12 heteroatoms. The number of ether oxygens (including phenoxy) is 2. The molecular weight excluding hydrogens is 517 g/mol. The Morgan fingerprint density at radius 2 is 1.57 bits per heavy atom. The van der Waals surface area contributed by atoms with Crippen LogP contribution in [0.3, 0.4) is 0 Å². The number of halogens is 4. The van der Waals surface area contributed by atoms with E-state index in [2.05, 4.69) is 5.32 Å². The number of anilines is 2. The Bertz CT molecular complexity index is 1410. The highest BCUT2D eigenvalue weighted by atomic mass is 35.5. The summed E-state index contributed by atoms with van der Waals surface area (Å²) in [7, 11) is 1.22. The van der Waals surface area contributed by atoms with Crippen LogP contribution in [0.2, 0.25) is 5.02 Å². The molecule has 0 fully saturated rings. The standard InChI is InChI=1S/C25H16ClF3N2O6/c1-36-20-11-19(31-22(33)13-6-2-3-7-14(13)23(31)34)17(26)10-15(20)24(35)37-12-21(32)30-18-9-5-4-8-16(18)25(27,28)29/h2-11H,12H2,1H3,(H,30,32). The maximum Gasteiger partial charge on any atom is 0.418 e. The van der Waals surface area contributed by atoms with E-state index in [0.29, 0.717) is 0 Å². The quantitative estimate of drug-likeness (QED) is 0.355. The minimum absolute atomic E-state index is 0.0391. The van der Waals surface area contributed by atoms with Crippen LogP contribution in [-0.2, 0) is 15.7 Å². The SMILES string of the molecule is COc1cc(N2C(=O)c3ccccc3C2=O)c(Cl)cc1C(=O)OCC(=O)Nc1ccccc1C(F)(F)F. The third-order valence-electron chi connectivity index (χ3n) is 5.36.